The average molecular weight is 434 g/mol. The van der Waals surface area contributed by atoms with E-state index in [0.717, 1.165) is 12.8 Å². The maximum absolute atomic E-state index is 13.2. The van der Waals surface area contributed by atoms with Gasteiger partial charge in [-0.2, -0.15) is 0 Å². The van der Waals surface area contributed by atoms with Gasteiger partial charge in [0.2, 0.25) is 0 Å². The molecule has 0 fully saturated rings. The summed E-state index contributed by atoms with van der Waals surface area (Å²) in [6, 6.07) is 21.2. The molecule has 0 radical (unpaired) electrons. The van der Waals surface area contributed by atoms with Gasteiger partial charge in [-0.15, -0.1) is 0 Å². The number of fused-ring (bicyclic) bond motifs is 2. The molecule has 0 heterocycles. The highest BCUT2D eigenvalue weighted by molar-refractivity contribution is 9.10. The smallest absolute Gasteiger partial charge is 0.196 e. The van der Waals surface area contributed by atoms with Crippen molar-refractivity contribution in [2.24, 2.45) is 0 Å². The van der Waals surface area contributed by atoms with Crippen molar-refractivity contribution in [3.63, 3.8) is 0 Å². The number of anilines is 1. The molecule has 4 heteroatoms. The summed E-state index contributed by atoms with van der Waals surface area (Å²) in [4.78, 5) is 26.2. The van der Waals surface area contributed by atoms with E-state index in [-0.39, 0.29) is 17.6 Å². The van der Waals surface area contributed by atoms with Gasteiger partial charge in [-0.3, -0.25) is 9.59 Å². The summed E-state index contributed by atoms with van der Waals surface area (Å²) in [5, 5.41) is 3.46. The molecule has 3 nitrogen and oxygen atoms in total. The van der Waals surface area contributed by atoms with Crippen LogP contribution in [-0.2, 0) is 6.42 Å². The molecule has 1 unspecified atom stereocenters. The third kappa shape index (κ3) is 3.40. The van der Waals surface area contributed by atoms with Gasteiger partial charge in [0, 0.05) is 32.9 Å². The predicted molar refractivity (Wildman–Crippen MR) is 115 cm³/mol. The van der Waals surface area contributed by atoms with Gasteiger partial charge in [-0.1, -0.05) is 70.5 Å². The van der Waals surface area contributed by atoms with Crippen molar-refractivity contribution in [1.82, 2.24) is 0 Å². The summed E-state index contributed by atoms with van der Waals surface area (Å²) in [6.45, 7) is 2.10. The van der Waals surface area contributed by atoms with Gasteiger partial charge < -0.3 is 5.32 Å². The standard InChI is InChI=1S/C24H20BrNO2/c1-15(11-12-16-7-3-2-4-8-16)26-20-14-13-19(25)21-22(20)24(28)18-10-6-5-9-17(18)23(21)27/h2-10,13-15,26H,11-12H2,1H3. The Morgan fingerprint density at radius 2 is 1.43 bits per heavy atom. The Labute approximate surface area is 172 Å². The fourth-order valence-electron chi connectivity index (χ4n) is 3.67. The van der Waals surface area contributed by atoms with Gasteiger partial charge in [0.1, 0.15) is 0 Å². The zero-order valence-electron chi connectivity index (χ0n) is 15.5. The molecule has 1 aliphatic carbocycles. The monoisotopic (exact) mass is 433 g/mol. The Bertz CT molecular complexity index is 1060. The average Bonchev–Trinajstić information content (AvgIpc) is 2.72. The second kappa shape index (κ2) is 7.72. The Morgan fingerprint density at radius 3 is 2.11 bits per heavy atom. The fourth-order valence-corrected chi connectivity index (χ4v) is 4.18. The van der Waals surface area contributed by atoms with Crippen LogP contribution in [0.5, 0.6) is 0 Å². The number of ketones is 2. The number of carbonyl (C=O) groups is 2. The molecule has 0 aliphatic heterocycles. The van der Waals surface area contributed by atoms with E-state index in [1.165, 1.54) is 5.56 Å². The van der Waals surface area contributed by atoms with Gasteiger partial charge in [0.05, 0.1) is 5.56 Å². The number of rotatable bonds is 5. The number of benzene rings is 3. The van der Waals surface area contributed by atoms with Gasteiger partial charge in [-0.05, 0) is 37.5 Å². The third-order valence-corrected chi connectivity index (χ3v) is 5.80. The van der Waals surface area contributed by atoms with E-state index in [9.17, 15) is 9.59 Å². The minimum absolute atomic E-state index is 0.107. The number of hydrogen-bond acceptors (Lipinski definition) is 3. The van der Waals surface area contributed by atoms with Gasteiger partial charge in [0.25, 0.3) is 0 Å². The quantitative estimate of drug-likeness (QED) is 0.441. The molecule has 1 N–H and O–H groups in total. The van der Waals surface area contributed by atoms with Crippen LogP contribution in [-0.4, -0.2) is 17.6 Å². The summed E-state index contributed by atoms with van der Waals surface area (Å²) in [6.07, 6.45) is 1.87. The van der Waals surface area contributed by atoms with E-state index in [4.69, 9.17) is 0 Å². The maximum Gasteiger partial charge on any atom is 0.196 e. The lowest BCUT2D eigenvalue weighted by Gasteiger charge is -2.24. The van der Waals surface area contributed by atoms with Crippen molar-refractivity contribution in [1.29, 1.82) is 0 Å². The zero-order valence-corrected chi connectivity index (χ0v) is 17.1. The van der Waals surface area contributed by atoms with Crippen LogP contribution in [0.25, 0.3) is 0 Å². The first kappa shape index (κ1) is 18.6. The summed E-state index contributed by atoms with van der Waals surface area (Å²) in [5.41, 5.74) is 3.85. The van der Waals surface area contributed by atoms with Crippen LogP contribution in [0.15, 0.2) is 71.2 Å². The Morgan fingerprint density at radius 1 is 0.821 bits per heavy atom. The largest absolute Gasteiger partial charge is 0.382 e. The Kier molecular flexibility index (Phi) is 5.14. The zero-order chi connectivity index (χ0) is 19.7. The van der Waals surface area contributed by atoms with Crippen LogP contribution < -0.4 is 5.32 Å². The molecule has 3 aromatic rings. The van der Waals surface area contributed by atoms with Gasteiger partial charge >= 0.3 is 0 Å². The van der Waals surface area contributed by atoms with E-state index < -0.39 is 0 Å². The van der Waals surface area contributed by atoms with Crippen molar-refractivity contribution >= 4 is 33.2 Å². The number of aryl methyl sites for hydroxylation is 1. The van der Waals surface area contributed by atoms with E-state index in [2.05, 4.69) is 40.3 Å². The topological polar surface area (TPSA) is 46.2 Å². The van der Waals surface area contributed by atoms with Crippen LogP contribution in [0.2, 0.25) is 0 Å². The first-order valence-electron chi connectivity index (χ1n) is 9.37. The molecule has 4 rings (SSSR count). The van der Waals surface area contributed by atoms with Crippen molar-refractivity contribution in [2.75, 3.05) is 5.32 Å². The Hall–Kier alpha value is -2.72. The molecular weight excluding hydrogens is 414 g/mol. The lowest BCUT2D eigenvalue weighted by Crippen LogP contribution is -2.25. The number of nitrogens with one attached hydrogen (secondary N) is 1. The fraction of sp³-hybridized carbons (Fsp3) is 0.167. The second-order valence-corrected chi connectivity index (χ2v) is 7.97. The molecule has 0 aromatic heterocycles. The highest BCUT2D eigenvalue weighted by Crippen LogP contribution is 2.36. The molecule has 1 aliphatic rings. The SMILES string of the molecule is CC(CCc1ccccc1)Nc1ccc(Br)c2c1C(=O)c1ccccc1C2=O. The number of hydrogen-bond donors (Lipinski definition) is 1. The van der Waals surface area contributed by atoms with Crippen LogP contribution in [0.4, 0.5) is 5.69 Å². The molecule has 0 saturated heterocycles. The molecular formula is C24H20BrNO2. The summed E-state index contributed by atoms with van der Waals surface area (Å²) >= 11 is 3.46. The molecule has 140 valence electrons. The van der Waals surface area contributed by atoms with Crippen molar-refractivity contribution in [2.45, 2.75) is 25.8 Å². The van der Waals surface area contributed by atoms with E-state index in [1.807, 2.05) is 30.3 Å². The van der Waals surface area contributed by atoms with Gasteiger partial charge in [0.15, 0.2) is 11.6 Å². The lowest BCUT2D eigenvalue weighted by molar-refractivity contribution is 0.0979. The van der Waals surface area contributed by atoms with E-state index in [0.29, 0.717) is 32.4 Å². The van der Waals surface area contributed by atoms with Crippen molar-refractivity contribution in [3.8, 4) is 0 Å². The van der Waals surface area contributed by atoms with Crippen LogP contribution >= 0.6 is 15.9 Å². The summed E-state index contributed by atoms with van der Waals surface area (Å²) in [5.74, 6) is -0.220. The first-order valence-corrected chi connectivity index (χ1v) is 10.2. The molecule has 0 bridgehead atoms. The molecule has 0 spiro atoms. The maximum atomic E-state index is 13.2. The molecule has 0 amide bonds. The highest BCUT2D eigenvalue weighted by Gasteiger charge is 2.33. The van der Waals surface area contributed by atoms with E-state index in [1.54, 1.807) is 24.3 Å². The van der Waals surface area contributed by atoms with Crippen molar-refractivity contribution < 1.29 is 9.59 Å². The first-order chi connectivity index (χ1) is 13.6. The van der Waals surface area contributed by atoms with Crippen LogP contribution in [0.1, 0.15) is 50.8 Å². The molecule has 28 heavy (non-hydrogen) atoms. The predicted octanol–water partition coefficient (Wildman–Crippen LogP) is 5.66. The van der Waals surface area contributed by atoms with Crippen LogP contribution in [0, 0.1) is 0 Å². The summed E-state index contributed by atoms with van der Waals surface area (Å²) < 4.78 is 0.651. The number of carbonyl (C=O) groups excluding carboxylic acids is 2. The molecule has 1 atom stereocenters. The van der Waals surface area contributed by atoms with Gasteiger partial charge in [-0.25, -0.2) is 0 Å². The third-order valence-electron chi connectivity index (χ3n) is 5.14. The molecule has 3 aromatic carbocycles. The van der Waals surface area contributed by atoms with Crippen LogP contribution in [0.3, 0.4) is 0 Å². The normalized spacial score (nSPS) is 13.6. The minimum Gasteiger partial charge on any atom is -0.382 e. The van der Waals surface area contributed by atoms with E-state index >= 15 is 0 Å². The minimum atomic E-state index is -0.113. The lowest BCUT2D eigenvalue weighted by atomic mass is 9.83. The molecule has 0 saturated carbocycles. The second-order valence-electron chi connectivity index (χ2n) is 7.12. The Balaban J connectivity index is 1.63. The number of halogens is 1. The highest BCUT2D eigenvalue weighted by atomic mass is 79.9. The summed E-state index contributed by atoms with van der Waals surface area (Å²) in [7, 11) is 0. The van der Waals surface area contributed by atoms with Crippen molar-refractivity contribution in [3.05, 3.63) is 99.0 Å².